The smallest absolute Gasteiger partial charge is 0.246 e. The maximum absolute atomic E-state index is 11.3. The minimum absolute atomic E-state index is 0.0488. The normalized spacial score (nSPS) is 11.6. The average Bonchev–Trinajstić information content (AvgIpc) is 2.43. The first-order valence-corrected chi connectivity index (χ1v) is 8.87. The number of amides is 1. The molecule has 0 saturated carbocycles. The second-order valence-electron chi connectivity index (χ2n) is 3.72. The summed E-state index contributed by atoms with van der Waals surface area (Å²) < 4.78 is 10.8. The molecule has 0 rings (SSSR count). The summed E-state index contributed by atoms with van der Waals surface area (Å²) in [5, 5.41) is 5.72. The summed E-state index contributed by atoms with van der Waals surface area (Å²) in [5.74, 6) is 6.35. The lowest BCUT2D eigenvalue weighted by Gasteiger charge is -2.12. The molecule has 20 heavy (non-hydrogen) atoms. The summed E-state index contributed by atoms with van der Waals surface area (Å²) in [6, 6.07) is 0. The Morgan fingerprint density at radius 1 is 1.40 bits per heavy atom. The molecule has 0 bridgehead atoms. The van der Waals surface area contributed by atoms with Crippen LogP contribution in [0.4, 0.5) is 0 Å². The molecule has 0 aromatic rings. The van der Waals surface area contributed by atoms with Crippen molar-refractivity contribution in [3.8, 4) is 11.8 Å². The Hall–Kier alpha value is -0.390. The van der Waals surface area contributed by atoms with Crippen molar-refractivity contribution in [3.05, 3.63) is 0 Å². The van der Waals surface area contributed by atoms with Crippen LogP contribution in [0.15, 0.2) is 0 Å². The van der Waals surface area contributed by atoms with Crippen LogP contribution in [0.5, 0.6) is 0 Å². The van der Waals surface area contributed by atoms with Crippen molar-refractivity contribution in [3.63, 3.8) is 0 Å². The molecule has 0 fully saturated rings. The predicted octanol–water partition coefficient (Wildman–Crippen LogP) is 1.11. The molecule has 2 N–H and O–H groups in total. The van der Waals surface area contributed by atoms with Crippen LogP contribution < -0.4 is 10.6 Å². The molecule has 1 atom stereocenters. The zero-order valence-electron chi connectivity index (χ0n) is 12.4. The zero-order valence-corrected chi connectivity index (χ0v) is 14.0. The first-order chi connectivity index (χ1) is 9.70. The fraction of sp³-hybridized carbons (Fsp3) is 0.769. The lowest BCUT2D eigenvalue weighted by atomic mass is 10.5. The highest BCUT2D eigenvalue weighted by molar-refractivity contribution is 8.76. The first kappa shape index (κ1) is 19.6. The van der Waals surface area contributed by atoms with Gasteiger partial charge in [0.25, 0.3) is 0 Å². The molecule has 0 aromatic heterocycles. The van der Waals surface area contributed by atoms with Crippen LogP contribution in [0.1, 0.15) is 13.8 Å². The highest BCUT2D eigenvalue weighted by atomic mass is 33.1. The van der Waals surface area contributed by atoms with Gasteiger partial charge in [-0.25, -0.2) is 0 Å². The lowest BCUT2D eigenvalue weighted by Crippen LogP contribution is -2.28. The second kappa shape index (κ2) is 15.0. The van der Waals surface area contributed by atoms with Crippen LogP contribution in [-0.2, 0) is 14.3 Å². The fourth-order valence-corrected chi connectivity index (χ4v) is 3.04. The number of hydrogen-bond acceptors (Lipinski definition) is 6. The third-order valence-corrected chi connectivity index (χ3v) is 4.64. The number of nitrogens with one attached hydrogen (secondary N) is 2. The summed E-state index contributed by atoms with van der Waals surface area (Å²) in [6.07, 6.45) is 0. The first-order valence-electron chi connectivity index (χ1n) is 6.49. The standard InChI is InChI=1S/C13H24N2O3S2/c1-4-5-6-15-13(16)11-17-8-9-18-12(2)20-19-10-7-14-3/h12,14H,6-11H2,1-3H3,(H,15,16). The largest absolute Gasteiger partial charge is 0.369 e. The van der Waals surface area contributed by atoms with Crippen molar-refractivity contribution in [2.45, 2.75) is 19.3 Å². The maximum atomic E-state index is 11.3. The Labute approximate surface area is 129 Å². The van der Waals surface area contributed by atoms with Crippen molar-refractivity contribution < 1.29 is 14.3 Å². The van der Waals surface area contributed by atoms with Crippen molar-refractivity contribution in [1.82, 2.24) is 10.6 Å². The molecule has 1 unspecified atom stereocenters. The third-order valence-electron chi connectivity index (χ3n) is 2.00. The van der Waals surface area contributed by atoms with Crippen molar-refractivity contribution in [2.75, 3.05) is 45.7 Å². The van der Waals surface area contributed by atoms with Gasteiger partial charge in [0.05, 0.1) is 19.8 Å². The van der Waals surface area contributed by atoms with Gasteiger partial charge in [0.15, 0.2) is 0 Å². The van der Waals surface area contributed by atoms with Crippen molar-refractivity contribution in [1.29, 1.82) is 0 Å². The van der Waals surface area contributed by atoms with E-state index >= 15 is 0 Å². The van der Waals surface area contributed by atoms with E-state index in [0.717, 1.165) is 12.3 Å². The van der Waals surface area contributed by atoms with Gasteiger partial charge in [-0.05, 0) is 20.9 Å². The van der Waals surface area contributed by atoms with E-state index in [0.29, 0.717) is 19.8 Å². The number of ether oxygens (including phenoxy) is 2. The predicted molar refractivity (Wildman–Crippen MR) is 86.7 cm³/mol. The van der Waals surface area contributed by atoms with Gasteiger partial charge in [-0.3, -0.25) is 4.79 Å². The molecule has 0 aromatic carbocycles. The molecule has 1 amide bonds. The fourth-order valence-electron chi connectivity index (χ4n) is 1.04. The Morgan fingerprint density at radius 3 is 2.90 bits per heavy atom. The van der Waals surface area contributed by atoms with Gasteiger partial charge >= 0.3 is 0 Å². The van der Waals surface area contributed by atoms with Crippen LogP contribution in [0, 0.1) is 11.8 Å². The zero-order chi connectivity index (χ0) is 15.1. The SMILES string of the molecule is CC#CCNC(=O)COCCOC(C)SSCCNC. The van der Waals surface area contributed by atoms with E-state index in [9.17, 15) is 4.79 Å². The van der Waals surface area contributed by atoms with Crippen LogP contribution in [0.25, 0.3) is 0 Å². The van der Waals surface area contributed by atoms with Crippen LogP contribution in [0.2, 0.25) is 0 Å². The quantitative estimate of drug-likeness (QED) is 0.243. The van der Waals surface area contributed by atoms with E-state index in [-0.39, 0.29) is 18.0 Å². The Balaban J connectivity index is 3.33. The van der Waals surface area contributed by atoms with Crippen molar-refractivity contribution >= 4 is 27.5 Å². The lowest BCUT2D eigenvalue weighted by molar-refractivity contribution is -0.126. The molecule has 0 radical (unpaired) electrons. The number of carbonyl (C=O) groups is 1. The molecule has 0 saturated heterocycles. The summed E-state index contributed by atoms with van der Waals surface area (Å²) >= 11 is 0. The highest BCUT2D eigenvalue weighted by Gasteiger charge is 2.04. The second-order valence-corrected chi connectivity index (χ2v) is 6.50. The summed E-state index contributed by atoms with van der Waals surface area (Å²) in [4.78, 5) is 11.3. The maximum Gasteiger partial charge on any atom is 0.246 e. The van der Waals surface area contributed by atoms with Gasteiger partial charge in [-0.2, -0.15) is 0 Å². The van der Waals surface area contributed by atoms with Crippen molar-refractivity contribution in [2.24, 2.45) is 0 Å². The minimum Gasteiger partial charge on any atom is -0.369 e. The molecule has 0 aliphatic rings. The van der Waals surface area contributed by atoms with Gasteiger partial charge in [0, 0.05) is 12.3 Å². The monoisotopic (exact) mass is 320 g/mol. The van der Waals surface area contributed by atoms with Crippen LogP contribution in [-0.4, -0.2) is 57.1 Å². The molecular weight excluding hydrogens is 296 g/mol. The molecule has 0 aliphatic heterocycles. The summed E-state index contributed by atoms with van der Waals surface area (Å²) in [7, 11) is 5.41. The highest BCUT2D eigenvalue weighted by Crippen LogP contribution is 2.26. The van der Waals surface area contributed by atoms with Crippen LogP contribution in [0.3, 0.4) is 0 Å². The van der Waals surface area contributed by atoms with Gasteiger partial charge < -0.3 is 20.1 Å². The molecular formula is C13H24N2O3S2. The van der Waals surface area contributed by atoms with Gasteiger partial charge in [0.2, 0.25) is 5.91 Å². The molecule has 7 heteroatoms. The Kier molecular flexibility index (Phi) is 14.7. The van der Waals surface area contributed by atoms with E-state index in [1.807, 2.05) is 14.0 Å². The Morgan fingerprint density at radius 2 is 2.20 bits per heavy atom. The third kappa shape index (κ3) is 14.0. The van der Waals surface area contributed by atoms with Gasteiger partial charge in [0.1, 0.15) is 12.0 Å². The molecule has 116 valence electrons. The van der Waals surface area contributed by atoms with E-state index in [1.165, 1.54) is 0 Å². The summed E-state index contributed by atoms with van der Waals surface area (Å²) in [6.45, 7) is 6.05. The van der Waals surface area contributed by atoms with Gasteiger partial charge in [-0.1, -0.05) is 27.5 Å². The van der Waals surface area contributed by atoms with Crippen LogP contribution >= 0.6 is 21.6 Å². The Bertz CT molecular complexity index is 306. The molecule has 0 heterocycles. The molecule has 5 nitrogen and oxygen atoms in total. The average molecular weight is 320 g/mol. The van der Waals surface area contributed by atoms with Gasteiger partial charge in [-0.15, -0.1) is 5.92 Å². The van der Waals surface area contributed by atoms with E-state index in [1.54, 1.807) is 28.5 Å². The van der Waals surface area contributed by atoms with E-state index < -0.39 is 0 Å². The molecule has 0 spiro atoms. The van der Waals surface area contributed by atoms with E-state index in [2.05, 4.69) is 22.5 Å². The minimum atomic E-state index is -0.155. The topological polar surface area (TPSA) is 59.6 Å². The number of carbonyl (C=O) groups excluding carboxylic acids is 1. The summed E-state index contributed by atoms with van der Waals surface area (Å²) in [5.41, 5.74) is 0.120. The van der Waals surface area contributed by atoms with E-state index in [4.69, 9.17) is 9.47 Å². The number of rotatable bonds is 12. The molecule has 0 aliphatic carbocycles. The number of hydrogen-bond donors (Lipinski definition) is 2.